The summed E-state index contributed by atoms with van der Waals surface area (Å²) in [4.78, 5) is 18.2. The summed E-state index contributed by atoms with van der Waals surface area (Å²) < 4.78 is 5.01. The van der Waals surface area contributed by atoms with Crippen molar-refractivity contribution in [2.75, 3.05) is 24.3 Å². The van der Waals surface area contributed by atoms with Crippen LogP contribution in [0.15, 0.2) is 22.9 Å². The molecule has 0 saturated carbocycles. The highest BCUT2D eigenvalue weighted by Crippen LogP contribution is 2.20. The van der Waals surface area contributed by atoms with E-state index in [0.29, 0.717) is 22.7 Å². The summed E-state index contributed by atoms with van der Waals surface area (Å²) in [6.45, 7) is 3.54. The standard InChI is InChI=1S/C13H16N4O2/c1-8-12(9(2)19-16-8)15-13(18)10-5-6-14-11(7-10)17(3)4/h5-7H,1-4H3,(H,15,18). The zero-order valence-corrected chi connectivity index (χ0v) is 11.4. The molecular weight excluding hydrogens is 244 g/mol. The largest absolute Gasteiger partial charge is 0.363 e. The number of nitrogens with zero attached hydrogens (tertiary/aromatic N) is 3. The van der Waals surface area contributed by atoms with Crippen LogP contribution in [0.3, 0.4) is 0 Å². The van der Waals surface area contributed by atoms with Gasteiger partial charge in [-0.3, -0.25) is 4.79 Å². The Bertz CT molecular complexity index is 585. The number of pyridine rings is 1. The van der Waals surface area contributed by atoms with Gasteiger partial charge in [-0.1, -0.05) is 5.16 Å². The minimum absolute atomic E-state index is 0.208. The van der Waals surface area contributed by atoms with Crippen LogP contribution in [0.1, 0.15) is 21.8 Å². The molecule has 2 heterocycles. The summed E-state index contributed by atoms with van der Waals surface area (Å²) >= 11 is 0. The van der Waals surface area contributed by atoms with Crippen molar-refractivity contribution >= 4 is 17.4 Å². The van der Waals surface area contributed by atoms with Crippen LogP contribution < -0.4 is 10.2 Å². The third-order valence-corrected chi connectivity index (χ3v) is 2.74. The number of rotatable bonds is 3. The van der Waals surface area contributed by atoms with Gasteiger partial charge < -0.3 is 14.7 Å². The van der Waals surface area contributed by atoms with Gasteiger partial charge in [-0.2, -0.15) is 0 Å². The average molecular weight is 260 g/mol. The van der Waals surface area contributed by atoms with Gasteiger partial charge in [0.25, 0.3) is 5.91 Å². The van der Waals surface area contributed by atoms with E-state index < -0.39 is 0 Å². The van der Waals surface area contributed by atoms with Crippen molar-refractivity contribution in [1.29, 1.82) is 0 Å². The number of anilines is 2. The Morgan fingerprint density at radius 2 is 2.11 bits per heavy atom. The minimum Gasteiger partial charge on any atom is -0.363 e. The lowest BCUT2D eigenvalue weighted by atomic mass is 10.2. The number of carbonyl (C=O) groups excluding carboxylic acids is 1. The molecule has 100 valence electrons. The van der Waals surface area contributed by atoms with Crippen molar-refractivity contribution in [3.05, 3.63) is 35.3 Å². The second-order valence-corrected chi connectivity index (χ2v) is 4.45. The predicted molar refractivity (Wildman–Crippen MR) is 72.5 cm³/mol. The first-order chi connectivity index (χ1) is 8.99. The van der Waals surface area contributed by atoms with Crippen LogP contribution in [0.4, 0.5) is 11.5 Å². The molecule has 6 heteroatoms. The number of hydrogen-bond acceptors (Lipinski definition) is 5. The molecule has 1 amide bonds. The molecule has 0 aliphatic carbocycles. The van der Waals surface area contributed by atoms with Crippen LogP contribution in [-0.2, 0) is 0 Å². The Kier molecular flexibility index (Phi) is 3.50. The number of amides is 1. The normalized spacial score (nSPS) is 10.3. The van der Waals surface area contributed by atoms with E-state index in [0.717, 1.165) is 5.82 Å². The predicted octanol–water partition coefficient (Wildman–Crippen LogP) is 2.00. The highest BCUT2D eigenvalue weighted by Gasteiger charge is 2.14. The maximum Gasteiger partial charge on any atom is 0.255 e. The number of hydrogen-bond donors (Lipinski definition) is 1. The Morgan fingerprint density at radius 3 is 2.68 bits per heavy atom. The SMILES string of the molecule is Cc1noc(C)c1NC(=O)c1ccnc(N(C)C)c1. The Hall–Kier alpha value is -2.37. The number of nitrogens with one attached hydrogen (secondary N) is 1. The fraction of sp³-hybridized carbons (Fsp3) is 0.308. The quantitative estimate of drug-likeness (QED) is 0.914. The molecule has 2 aromatic heterocycles. The first-order valence-corrected chi connectivity index (χ1v) is 5.86. The lowest BCUT2D eigenvalue weighted by Gasteiger charge is -2.12. The average Bonchev–Trinajstić information content (AvgIpc) is 2.70. The molecule has 2 aromatic rings. The maximum absolute atomic E-state index is 12.2. The van der Waals surface area contributed by atoms with Crippen LogP contribution in [0.2, 0.25) is 0 Å². The van der Waals surface area contributed by atoms with E-state index in [4.69, 9.17) is 4.52 Å². The third kappa shape index (κ3) is 2.73. The molecule has 0 bridgehead atoms. The Labute approximate surface area is 111 Å². The second kappa shape index (κ2) is 5.09. The molecule has 0 saturated heterocycles. The zero-order valence-electron chi connectivity index (χ0n) is 11.4. The molecule has 0 fully saturated rings. The number of aryl methyl sites for hydroxylation is 2. The maximum atomic E-state index is 12.2. The molecule has 2 rings (SSSR count). The van der Waals surface area contributed by atoms with E-state index in [1.807, 2.05) is 19.0 Å². The van der Waals surface area contributed by atoms with Gasteiger partial charge >= 0.3 is 0 Å². The van der Waals surface area contributed by atoms with Gasteiger partial charge in [0.2, 0.25) is 0 Å². The van der Waals surface area contributed by atoms with Crippen LogP contribution in [0.25, 0.3) is 0 Å². The molecule has 6 nitrogen and oxygen atoms in total. The fourth-order valence-electron chi connectivity index (χ4n) is 1.65. The van der Waals surface area contributed by atoms with E-state index in [1.165, 1.54) is 0 Å². The third-order valence-electron chi connectivity index (χ3n) is 2.74. The first kappa shape index (κ1) is 13.1. The highest BCUT2D eigenvalue weighted by atomic mass is 16.5. The van der Waals surface area contributed by atoms with Gasteiger partial charge in [0.1, 0.15) is 17.2 Å². The van der Waals surface area contributed by atoms with Gasteiger partial charge in [-0.05, 0) is 26.0 Å². The monoisotopic (exact) mass is 260 g/mol. The summed E-state index contributed by atoms with van der Waals surface area (Å²) in [7, 11) is 3.75. The lowest BCUT2D eigenvalue weighted by Crippen LogP contribution is -2.15. The van der Waals surface area contributed by atoms with Crippen molar-refractivity contribution in [1.82, 2.24) is 10.1 Å². The summed E-state index contributed by atoms with van der Waals surface area (Å²) in [5.74, 6) is 1.11. The lowest BCUT2D eigenvalue weighted by molar-refractivity contribution is 0.102. The van der Waals surface area contributed by atoms with E-state index in [1.54, 1.807) is 32.2 Å². The highest BCUT2D eigenvalue weighted by molar-refractivity contribution is 6.05. The van der Waals surface area contributed by atoms with Gasteiger partial charge in [0, 0.05) is 25.9 Å². The van der Waals surface area contributed by atoms with Crippen LogP contribution in [-0.4, -0.2) is 30.1 Å². The van der Waals surface area contributed by atoms with E-state index in [2.05, 4.69) is 15.5 Å². The molecule has 1 N–H and O–H groups in total. The van der Waals surface area contributed by atoms with E-state index in [9.17, 15) is 4.79 Å². The van der Waals surface area contributed by atoms with Crippen LogP contribution >= 0.6 is 0 Å². The van der Waals surface area contributed by atoms with Gasteiger partial charge in [-0.15, -0.1) is 0 Å². The molecule has 0 aliphatic rings. The van der Waals surface area contributed by atoms with Gasteiger partial charge in [0.15, 0.2) is 5.76 Å². The van der Waals surface area contributed by atoms with Gasteiger partial charge in [0.05, 0.1) is 0 Å². The molecule has 0 aliphatic heterocycles. The molecule has 19 heavy (non-hydrogen) atoms. The van der Waals surface area contributed by atoms with Crippen molar-refractivity contribution < 1.29 is 9.32 Å². The number of aromatic nitrogens is 2. The molecule has 0 spiro atoms. The Balaban J connectivity index is 2.23. The van der Waals surface area contributed by atoms with Gasteiger partial charge in [-0.25, -0.2) is 4.98 Å². The molecule has 0 radical (unpaired) electrons. The second-order valence-electron chi connectivity index (χ2n) is 4.45. The summed E-state index contributed by atoms with van der Waals surface area (Å²) in [5.41, 5.74) is 1.82. The first-order valence-electron chi connectivity index (χ1n) is 5.86. The zero-order chi connectivity index (χ0) is 14.0. The fourth-order valence-corrected chi connectivity index (χ4v) is 1.65. The summed E-state index contributed by atoms with van der Waals surface area (Å²) in [5, 5.41) is 6.60. The topological polar surface area (TPSA) is 71.3 Å². The van der Waals surface area contributed by atoms with Crippen molar-refractivity contribution in [2.45, 2.75) is 13.8 Å². The smallest absolute Gasteiger partial charge is 0.255 e. The van der Waals surface area contributed by atoms with Crippen LogP contribution in [0.5, 0.6) is 0 Å². The molecular formula is C13H16N4O2. The summed E-state index contributed by atoms with van der Waals surface area (Å²) in [6.07, 6.45) is 1.61. The minimum atomic E-state index is -0.208. The van der Waals surface area contributed by atoms with E-state index in [-0.39, 0.29) is 5.91 Å². The molecule has 0 atom stereocenters. The summed E-state index contributed by atoms with van der Waals surface area (Å²) in [6, 6.07) is 3.40. The van der Waals surface area contributed by atoms with E-state index >= 15 is 0 Å². The number of carbonyl (C=O) groups is 1. The van der Waals surface area contributed by atoms with Crippen molar-refractivity contribution in [2.24, 2.45) is 0 Å². The van der Waals surface area contributed by atoms with Crippen molar-refractivity contribution in [3.63, 3.8) is 0 Å². The Morgan fingerprint density at radius 1 is 1.37 bits per heavy atom. The molecule has 0 unspecified atom stereocenters. The van der Waals surface area contributed by atoms with Crippen molar-refractivity contribution in [3.8, 4) is 0 Å². The van der Waals surface area contributed by atoms with Crippen LogP contribution in [0, 0.1) is 13.8 Å². The molecule has 0 aromatic carbocycles.